The molecule has 2 amide bonds. The number of hydrogen-bond acceptors (Lipinski definition) is 3. The quantitative estimate of drug-likeness (QED) is 0.893. The summed E-state index contributed by atoms with van der Waals surface area (Å²) in [6.45, 7) is 3.58. The van der Waals surface area contributed by atoms with E-state index in [-0.39, 0.29) is 17.7 Å². The zero-order chi connectivity index (χ0) is 17.4. The van der Waals surface area contributed by atoms with E-state index in [1.54, 1.807) is 0 Å². The van der Waals surface area contributed by atoms with E-state index in [1.165, 1.54) is 37.0 Å². The van der Waals surface area contributed by atoms with Crippen molar-refractivity contribution in [3.05, 3.63) is 22.4 Å². The summed E-state index contributed by atoms with van der Waals surface area (Å²) in [5.41, 5.74) is 0. The van der Waals surface area contributed by atoms with Crippen LogP contribution in [0.15, 0.2) is 17.5 Å². The largest absolute Gasteiger partial charge is 0.353 e. The number of likely N-dealkylation sites (tertiary alicyclic amines) is 1. The van der Waals surface area contributed by atoms with Gasteiger partial charge < -0.3 is 10.2 Å². The zero-order valence-electron chi connectivity index (χ0n) is 14.9. The number of carbonyl (C=O) groups excluding carboxylic acids is 2. The van der Waals surface area contributed by atoms with Gasteiger partial charge in [0, 0.05) is 25.0 Å². The van der Waals surface area contributed by atoms with Crippen LogP contribution >= 0.6 is 11.3 Å². The fraction of sp³-hybridized carbons (Fsp3) is 0.700. The van der Waals surface area contributed by atoms with Gasteiger partial charge in [-0.3, -0.25) is 9.59 Å². The summed E-state index contributed by atoms with van der Waals surface area (Å²) in [5.74, 6) is 2.82. The number of nitrogens with zero attached hydrogens (tertiary/aromatic N) is 1. The second-order valence-corrected chi connectivity index (χ2v) is 9.13. The third kappa shape index (κ3) is 3.48. The first-order valence-electron chi connectivity index (χ1n) is 9.75. The van der Waals surface area contributed by atoms with Crippen LogP contribution in [0.3, 0.4) is 0 Å². The minimum absolute atomic E-state index is 0.0634. The van der Waals surface area contributed by atoms with Crippen LogP contribution in [0.5, 0.6) is 0 Å². The summed E-state index contributed by atoms with van der Waals surface area (Å²) in [6, 6.07) is 4.09. The first-order valence-corrected chi connectivity index (χ1v) is 10.6. The highest BCUT2D eigenvalue weighted by Crippen LogP contribution is 2.49. The second kappa shape index (κ2) is 7.10. The van der Waals surface area contributed by atoms with Crippen LogP contribution in [-0.2, 0) is 4.79 Å². The highest BCUT2D eigenvalue weighted by atomic mass is 32.1. The summed E-state index contributed by atoms with van der Waals surface area (Å²) in [6.07, 6.45) is 7.02. The highest BCUT2D eigenvalue weighted by molar-refractivity contribution is 7.12. The van der Waals surface area contributed by atoms with Crippen LogP contribution in [0.1, 0.15) is 55.1 Å². The molecule has 4 atom stereocenters. The van der Waals surface area contributed by atoms with Crippen molar-refractivity contribution in [2.75, 3.05) is 13.1 Å². The molecule has 136 valence electrons. The molecule has 1 aromatic heterocycles. The zero-order valence-corrected chi connectivity index (χ0v) is 15.8. The lowest BCUT2D eigenvalue weighted by molar-refractivity contribution is -0.127. The first-order chi connectivity index (χ1) is 12.1. The van der Waals surface area contributed by atoms with E-state index in [1.807, 2.05) is 22.4 Å². The standard InChI is InChI=1S/C20H28N2O2S/c1-13(17-12-14-4-5-16(17)11-14)21-19(23)15-6-8-22(9-7-15)20(24)18-3-2-10-25-18/h2-3,10,13-17H,4-9,11-12H2,1H3,(H,21,23). The molecule has 1 N–H and O–H groups in total. The Bertz CT molecular complexity index is 622. The Hall–Kier alpha value is -1.36. The van der Waals surface area contributed by atoms with Gasteiger partial charge in [0.1, 0.15) is 0 Å². The van der Waals surface area contributed by atoms with Gasteiger partial charge in [0.05, 0.1) is 4.88 Å². The molecule has 3 fully saturated rings. The highest BCUT2D eigenvalue weighted by Gasteiger charge is 2.42. The first kappa shape index (κ1) is 17.1. The number of nitrogens with one attached hydrogen (secondary N) is 1. The Morgan fingerprint density at radius 1 is 1.20 bits per heavy atom. The molecule has 5 heteroatoms. The molecule has 0 radical (unpaired) electrons. The SMILES string of the molecule is CC(NC(=O)C1CCN(C(=O)c2cccs2)CC1)C1CC2CCC1C2. The van der Waals surface area contributed by atoms with E-state index >= 15 is 0 Å². The van der Waals surface area contributed by atoms with Gasteiger partial charge in [-0.15, -0.1) is 11.3 Å². The number of piperidine rings is 1. The Balaban J connectivity index is 1.26. The Morgan fingerprint density at radius 2 is 2.00 bits per heavy atom. The topological polar surface area (TPSA) is 49.4 Å². The van der Waals surface area contributed by atoms with Gasteiger partial charge in [-0.25, -0.2) is 0 Å². The van der Waals surface area contributed by atoms with Gasteiger partial charge in [0.25, 0.3) is 5.91 Å². The predicted molar refractivity (Wildman–Crippen MR) is 99.5 cm³/mol. The van der Waals surface area contributed by atoms with Crippen molar-refractivity contribution in [3.8, 4) is 0 Å². The van der Waals surface area contributed by atoms with E-state index in [4.69, 9.17) is 0 Å². The average Bonchev–Trinajstić information content (AvgIpc) is 3.38. The average molecular weight is 361 g/mol. The monoisotopic (exact) mass is 360 g/mol. The second-order valence-electron chi connectivity index (χ2n) is 8.18. The van der Waals surface area contributed by atoms with Crippen LogP contribution in [-0.4, -0.2) is 35.8 Å². The lowest BCUT2D eigenvalue weighted by Crippen LogP contribution is -2.47. The third-order valence-electron chi connectivity index (χ3n) is 6.69. The molecule has 25 heavy (non-hydrogen) atoms. The summed E-state index contributed by atoms with van der Waals surface area (Å²) in [4.78, 5) is 27.8. The van der Waals surface area contributed by atoms with Gasteiger partial charge in [0.15, 0.2) is 0 Å². The van der Waals surface area contributed by atoms with Gasteiger partial charge in [0.2, 0.25) is 5.91 Å². The number of amides is 2. The number of thiophene rings is 1. The maximum absolute atomic E-state index is 12.7. The van der Waals surface area contributed by atoms with Crippen molar-refractivity contribution in [1.82, 2.24) is 10.2 Å². The lowest BCUT2D eigenvalue weighted by atomic mass is 9.83. The molecule has 4 nitrogen and oxygen atoms in total. The Kier molecular flexibility index (Phi) is 4.85. The molecule has 0 aromatic carbocycles. The number of carbonyl (C=O) groups is 2. The van der Waals surface area contributed by atoms with E-state index in [0.29, 0.717) is 25.0 Å². The van der Waals surface area contributed by atoms with E-state index in [2.05, 4.69) is 12.2 Å². The van der Waals surface area contributed by atoms with Crippen LogP contribution in [0.25, 0.3) is 0 Å². The molecule has 2 heterocycles. The summed E-state index contributed by atoms with van der Waals surface area (Å²) in [5, 5.41) is 5.24. The molecule has 1 aromatic rings. The van der Waals surface area contributed by atoms with Gasteiger partial charge in [-0.2, -0.15) is 0 Å². The third-order valence-corrected chi connectivity index (χ3v) is 7.55. The van der Waals surface area contributed by atoms with Crippen molar-refractivity contribution >= 4 is 23.2 Å². The Labute approximate surface area is 154 Å². The number of fused-ring (bicyclic) bond motifs is 2. The molecular weight excluding hydrogens is 332 g/mol. The predicted octanol–water partition coefficient (Wildman–Crippen LogP) is 3.54. The normalized spacial score (nSPS) is 30.4. The molecule has 1 aliphatic heterocycles. The van der Waals surface area contributed by atoms with E-state index < -0.39 is 0 Å². The molecule has 4 rings (SSSR count). The summed E-state index contributed by atoms with van der Waals surface area (Å²) < 4.78 is 0. The molecular formula is C20H28N2O2S. The smallest absolute Gasteiger partial charge is 0.263 e. The molecule has 0 spiro atoms. The van der Waals surface area contributed by atoms with Crippen LogP contribution in [0.4, 0.5) is 0 Å². The molecule has 2 bridgehead atoms. The Morgan fingerprint density at radius 3 is 2.60 bits per heavy atom. The lowest BCUT2D eigenvalue weighted by Gasteiger charge is -2.33. The fourth-order valence-corrected chi connectivity index (χ4v) is 5.95. The minimum atomic E-state index is 0.0634. The van der Waals surface area contributed by atoms with Crippen LogP contribution in [0.2, 0.25) is 0 Å². The molecule has 3 aliphatic rings. The summed E-state index contributed by atoms with van der Waals surface area (Å²) in [7, 11) is 0. The molecule has 2 aliphatic carbocycles. The number of rotatable bonds is 4. The maximum Gasteiger partial charge on any atom is 0.263 e. The van der Waals surface area contributed by atoms with Crippen molar-refractivity contribution in [1.29, 1.82) is 0 Å². The molecule has 2 saturated carbocycles. The van der Waals surface area contributed by atoms with E-state index in [0.717, 1.165) is 29.6 Å². The van der Waals surface area contributed by atoms with Crippen LogP contribution < -0.4 is 5.32 Å². The van der Waals surface area contributed by atoms with Gasteiger partial charge in [-0.1, -0.05) is 12.5 Å². The summed E-state index contributed by atoms with van der Waals surface area (Å²) >= 11 is 1.49. The van der Waals surface area contributed by atoms with Crippen LogP contribution in [0, 0.1) is 23.7 Å². The van der Waals surface area contributed by atoms with E-state index in [9.17, 15) is 9.59 Å². The van der Waals surface area contributed by atoms with Crippen molar-refractivity contribution in [2.45, 2.75) is 51.5 Å². The van der Waals surface area contributed by atoms with Gasteiger partial charge >= 0.3 is 0 Å². The maximum atomic E-state index is 12.7. The molecule has 1 saturated heterocycles. The minimum Gasteiger partial charge on any atom is -0.353 e. The number of hydrogen-bond donors (Lipinski definition) is 1. The molecule has 4 unspecified atom stereocenters. The van der Waals surface area contributed by atoms with Crippen molar-refractivity contribution < 1.29 is 9.59 Å². The van der Waals surface area contributed by atoms with Gasteiger partial charge in [-0.05, 0) is 68.2 Å². The van der Waals surface area contributed by atoms with Crippen molar-refractivity contribution in [3.63, 3.8) is 0 Å². The fourth-order valence-electron chi connectivity index (χ4n) is 5.26. The van der Waals surface area contributed by atoms with Crippen molar-refractivity contribution in [2.24, 2.45) is 23.7 Å².